The van der Waals surface area contributed by atoms with Crippen molar-refractivity contribution in [2.45, 2.75) is 19.9 Å². The van der Waals surface area contributed by atoms with Gasteiger partial charge in [0, 0.05) is 17.3 Å². The van der Waals surface area contributed by atoms with E-state index in [2.05, 4.69) is 53.2 Å². The van der Waals surface area contributed by atoms with Crippen molar-refractivity contribution in [1.82, 2.24) is 10.2 Å². The molecular weight excluding hydrogens is 352 g/mol. The molecule has 0 spiro atoms. The van der Waals surface area contributed by atoms with E-state index in [4.69, 9.17) is 9.15 Å². The highest BCUT2D eigenvalue weighted by atomic mass is 16.5. The Labute approximate surface area is 165 Å². The normalized spacial score (nSPS) is 16.2. The second kappa shape index (κ2) is 8.02. The maximum absolute atomic E-state index is 6.01. The molecule has 3 aromatic rings. The molecule has 28 heavy (non-hydrogen) atoms. The van der Waals surface area contributed by atoms with Crippen LogP contribution in [0.4, 0.5) is 5.69 Å². The second-order valence-electron chi connectivity index (χ2n) is 7.38. The molecule has 0 saturated carbocycles. The molecule has 0 radical (unpaired) electrons. The highest BCUT2D eigenvalue weighted by Gasteiger charge is 2.29. The summed E-state index contributed by atoms with van der Waals surface area (Å²) in [6, 6.07) is 16.6. The number of aryl methyl sites for hydroxylation is 1. The van der Waals surface area contributed by atoms with E-state index >= 15 is 0 Å². The zero-order chi connectivity index (χ0) is 19.5. The van der Waals surface area contributed by atoms with E-state index in [9.17, 15) is 0 Å². The van der Waals surface area contributed by atoms with E-state index < -0.39 is 0 Å². The maximum atomic E-state index is 6.01. The Kier molecular flexibility index (Phi) is 5.30. The number of aromatic nitrogens is 2. The molecule has 2 heterocycles. The fourth-order valence-corrected chi connectivity index (χ4v) is 3.77. The number of piperazine rings is 1. The zero-order valence-electron chi connectivity index (χ0n) is 16.7. The Balaban J connectivity index is 1.41. The fraction of sp³-hybridized carbons (Fsp3) is 0.364. The van der Waals surface area contributed by atoms with Crippen molar-refractivity contribution in [3.05, 3.63) is 60.0 Å². The average molecular weight is 379 g/mol. The Morgan fingerprint density at radius 2 is 1.86 bits per heavy atom. The van der Waals surface area contributed by atoms with Gasteiger partial charge in [-0.05, 0) is 38.1 Å². The number of ether oxygens (including phenoxy) is 1. The van der Waals surface area contributed by atoms with Crippen LogP contribution < -0.4 is 14.5 Å². The van der Waals surface area contributed by atoms with Crippen molar-refractivity contribution in [3.63, 3.8) is 0 Å². The summed E-state index contributed by atoms with van der Waals surface area (Å²) in [6.07, 6.45) is 0. The van der Waals surface area contributed by atoms with Gasteiger partial charge in [0.2, 0.25) is 5.89 Å². The van der Waals surface area contributed by atoms with Gasteiger partial charge in [0.15, 0.2) is 6.04 Å². The van der Waals surface area contributed by atoms with Crippen LogP contribution in [0.15, 0.2) is 52.9 Å². The molecule has 1 fully saturated rings. The van der Waals surface area contributed by atoms with Gasteiger partial charge >= 0.3 is 0 Å². The summed E-state index contributed by atoms with van der Waals surface area (Å²) >= 11 is 0. The molecule has 0 amide bonds. The first-order valence-corrected chi connectivity index (χ1v) is 9.78. The van der Waals surface area contributed by atoms with E-state index in [1.807, 2.05) is 24.3 Å². The lowest BCUT2D eigenvalue weighted by molar-refractivity contribution is -0.931. The average Bonchev–Trinajstić information content (AvgIpc) is 3.24. The van der Waals surface area contributed by atoms with E-state index in [0.717, 1.165) is 37.5 Å². The van der Waals surface area contributed by atoms with Crippen molar-refractivity contribution in [2.75, 3.05) is 38.2 Å². The Morgan fingerprint density at radius 1 is 1.07 bits per heavy atom. The number of rotatable bonds is 5. The van der Waals surface area contributed by atoms with Gasteiger partial charge in [0.05, 0.1) is 33.3 Å². The molecule has 146 valence electrons. The zero-order valence-corrected chi connectivity index (χ0v) is 16.7. The molecule has 1 N–H and O–H groups in total. The van der Waals surface area contributed by atoms with Crippen LogP contribution in [0.3, 0.4) is 0 Å². The number of anilines is 1. The van der Waals surface area contributed by atoms with E-state index in [1.54, 1.807) is 7.11 Å². The monoisotopic (exact) mass is 379 g/mol. The summed E-state index contributed by atoms with van der Waals surface area (Å²) in [6.45, 7) is 8.28. The van der Waals surface area contributed by atoms with Crippen LogP contribution in [0.1, 0.15) is 24.4 Å². The molecule has 0 unspecified atom stereocenters. The molecule has 1 aliphatic heterocycles. The van der Waals surface area contributed by atoms with Crippen molar-refractivity contribution in [2.24, 2.45) is 0 Å². The summed E-state index contributed by atoms with van der Waals surface area (Å²) in [7, 11) is 1.71. The minimum atomic E-state index is 0.179. The predicted molar refractivity (Wildman–Crippen MR) is 109 cm³/mol. The minimum Gasteiger partial charge on any atom is -0.497 e. The number of nitrogens with zero attached hydrogens (tertiary/aromatic N) is 3. The Bertz CT molecular complexity index is 932. The molecule has 4 rings (SSSR count). The summed E-state index contributed by atoms with van der Waals surface area (Å²) in [5.74, 6) is 2.21. The van der Waals surface area contributed by atoms with Gasteiger partial charge in [0.1, 0.15) is 5.75 Å². The van der Waals surface area contributed by atoms with Gasteiger partial charge in [-0.3, -0.25) is 0 Å². The van der Waals surface area contributed by atoms with Crippen LogP contribution in [0.2, 0.25) is 0 Å². The minimum absolute atomic E-state index is 0.179. The van der Waals surface area contributed by atoms with Crippen molar-refractivity contribution in [1.29, 1.82) is 0 Å². The third-order valence-corrected chi connectivity index (χ3v) is 5.51. The largest absolute Gasteiger partial charge is 0.497 e. The van der Waals surface area contributed by atoms with Crippen molar-refractivity contribution < 1.29 is 14.1 Å². The van der Waals surface area contributed by atoms with E-state index in [1.165, 1.54) is 16.2 Å². The first kappa shape index (κ1) is 18.5. The lowest BCUT2D eigenvalue weighted by Gasteiger charge is -2.35. The van der Waals surface area contributed by atoms with Crippen LogP contribution in [0, 0.1) is 6.92 Å². The standard InChI is InChI=1S/C22H26N4O2/c1-16-6-4-7-18(14-16)22-24-23-21(28-22)17(2)25-10-12-26(13-11-25)19-8-5-9-20(15-19)27-3/h4-9,14-15,17H,10-13H2,1-3H3/p+1/t17-/m0/s1. The maximum Gasteiger partial charge on any atom is 0.274 e. The SMILES string of the molecule is COc1cccc(N2CC[NH+]([C@@H](C)c3nnc(-c4cccc(C)c4)o3)CC2)c1. The topological polar surface area (TPSA) is 55.8 Å². The first-order valence-electron chi connectivity index (χ1n) is 9.78. The lowest BCUT2D eigenvalue weighted by atomic mass is 10.1. The number of nitrogens with one attached hydrogen (secondary N) is 1. The van der Waals surface area contributed by atoms with Gasteiger partial charge in [-0.15, -0.1) is 10.2 Å². The number of methoxy groups -OCH3 is 1. The van der Waals surface area contributed by atoms with E-state index in [0.29, 0.717) is 11.8 Å². The number of quaternary nitrogens is 1. The predicted octanol–water partition coefficient (Wildman–Crippen LogP) is 2.52. The molecular formula is C22H27N4O2+. The highest BCUT2D eigenvalue weighted by molar-refractivity contribution is 5.53. The van der Waals surface area contributed by atoms with Crippen LogP contribution in [0.25, 0.3) is 11.5 Å². The Morgan fingerprint density at radius 3 is 2.61 bits per heavy atom. The number of benzene rings is 2. The summed E-state index contributed by atoms with van der Waals surface area (Å²) in [5.41, 5.74) is 3.37. The lowest BCUT2D eigenvalue weighted by Crippen LogP contribution is -3.14. The van der Waals surface area contributed by atoms with Gasteiger partial charge in [-0.2, -0.15) is 0 Å². The van der Waals surface area contributed by atoms with Crippen LogP contribution in [0.5, 0.6) is 5.75 Å². The smallest absolute Gasteiger partial charge is 0.274 e. The molecule has 1 saturated heterocycles. The van der Waals surface area contributed by atoms with E-state index in [-0.39, 0.29) is 6.04 Å². The second-order valence-corrected chi connectivity index (χ2v) is 7.38. The summed E-state index contributed by atoms with van der Waals surface area (Å²) < 4.78 is 11.4. The van der Waals surface area contributed by atoms with Gasteiger partial charge in [-0.25, -0.2) is 0 Å². The number of hydrogen-bond acceptors (Lipinski definition) is 5. The summed E-state index contributed by atoms with van der Waals surface area (Å²) in [4.78, 5) is 3.88. The molecule has 6 nitrogen and oxygen atoms in total. The van der Waals surface area contributed by atoms with Crippen LogP contribution >= 0.6 is 0 Å². The van der Waals surface area contributed by atoms with Crippen LogP contribution in [-0.4, -0.2) is 43.5 Å². The Hall–Kier alpha value is -2.86. The van der Waals surface area contributed by atoms with Gasteiger partial charge in [0.25, 0.3) is 5.89 Å². The molecule has 2 aromatic carbocycles. The van der Waals surface area contributed by atoms with Gasteiger partial charge < -0.3 is 19.0 Å². The van der Waals surface area contributed by atoms with Crippen molar-refractivity contribution in [3.8, 4) is 17.2 Å². The highest BCUT2D eigenvalue weighted by Crippen LogP contribution is 2.22. The van der Waals surface area contributed by atoms with Gasteiger partial charge in [-0.1, -0.05) is 23.8 Å². The molecule has 1 aliphatic rings. The fourth-order valence-electron chi connectivity index (χ4n) is 3.77. The molecule has 6 heteroatoms. The molecule has 0 aliphatic carbocycles. The molecule has 0 bridgehead atoms. The third-order valence-electron chi connectivity index (χ3n) is 5.51. The first-order chi connectivity index (χ1) is 13.6. The summed E-state index contributed by atoms with van der Waals surface area (Å²) in [5, 5.41) is 8.60. The number of hydrogen-bond donors (Lipinski definition) is 1. The van der Waals surface area contributed by atoms with Crippen LogP contribution in [-0.2, 0) is 0 Å². The third kappa shape index (κ3) is 3.87. The molecule has 1 aromatic heterocycles. The quantitative estimate of drug-likeness (QED) is 0.738. The van der Waals surface area contributed by atoms with Crippen molar-refractivity contribution >= 4 is 5.69 Å². The molecule has 1 atom stereocenters.